The summed E-state index contributed by atoms with van der Waals surface area (Å²) in [4.78, 5) is 98.1. The molecule has 5 rings (SSSR count). The van der Waals surface area contributed by atoms with Gasteiger partial charge in [-0.15, -0.1) is 6.58 Å². The van der Waals surface area contributed by atoms with E-state index in [9.17, 15) is 33.6 Å². The minimum Gasteiger partial charge on any atom is -0.381 e. The molecular formula is C41H61N3O8. The van der Waals surface area contributed by atoms with Crippen molar-refractivity contribution < 1.29 is 38.3 Å². The van der Waals surface area contributed by atoms with E-state index >= 15 is 0 Å². The summed E-state index contributed by atoms with van der Waals surface area (Å²) >= 11 is 0. The second-order valence-corrected chi connectivity index (χ2v) is 18.0. The smallest absolute Gasteiger partial charge is 0.287 e. The first-order valence-electron chi connectivity index (χ1n) is 19.8. The number of ketones is 3. The van der Waals surface area contributed by atoms with E-state index in [-0.39, 0.29) is 109 Å². The van der Waals surface area contributed by atoms with Gasteiger partial charge in [0.05, 0.1) is 18.6 Å². The van der Waals surface area contributed by atoms with E-state index in [2.05, 4.69) is 25.7 Å². The molecule has 3 aliphatic heterocycles. The lowest BCUT2D eigenvalue weighted by Gasteiger charge is -2.37. The SMILES string of the molecule is C=CCNC(=O)C(=O)[C@@H]1CCCCCCCOC[C@H](CC(=O)C[C@H](CN2C(=O)C3CCC(C3)C2=O)C(C)(C)C)C(=O)N2C[C@H]3[C@@H]([C@H]2C(=O)C1)C3(C)C. The molecule has 2 aliphatic carbocycles. The van der Waals surface area contributed by atoms with E-state index in [1.54, 1.807) is 4.90 Å². The van der Waals surface area contributed by atoms with Gasteiger partial charge in [-0.3, -0.25) is 38.5 Å². The second kappa shape index (κ2) is 16.4. The average molecular weight is 724 g/mol. The first kappa shape index (κ1) is 40.0. The fourth-order valence-corrected chi connectivity index (χ4v) is 9.47. The van der Waals surface area contributed by atoms with Crippen molar-refractivity contribution in [3.05, 3.63) is 12.7 Å². The molecule has 0 aromatic rings. The summed E-state index contributed by atoms with van der Waals surface area (Å²) in [5.74, 6) is -4.28. The average Bonchev–Trinajstić information content (AvgIpc) is 3.46. The van der Waals surface area contributed by atoms with Gasteiger partial charge in [0.1, 0.15) is 5.78 Å². The summed E-state index contributed by atoms with van der Waals surface area (Å²) in [6, 6.07) is -0.738. The number of piperidine rings is 2. The molecule has 0 aromatic carbocycles. The Bertz CT molecular complexity index is 1410. The van der Waals surface area contributed by atoms with Crippen LogP contribution >= 0.6 is 0 Å². The summed E-state index contributed by atoms with van der Waals surface area (Å²) in [6.07, 6.45) is 8.10. The van der Waals surface area contributed by atoms with Gasteiger partial charge in [0.15, 0.2) is 5.78 Å². The van der Waals surface area contributed by atoms with Gasteiger partial charge in [-0.25, -0.2) is 0 Å². The zero-order valence-electron chi connectivity index (χ0n) is 32.1. The van der Waals surface area contributed by atoms with Gasteiger partial charge in [-0.05, 0) is 60.7 Å². The minimum atomic E-state index is -0.798. The van der Waals surface area contributed by atoms with Gasteiger partial charge in [-0.1, -0.05) is 66.4 Å². The molecule has 288 valence electrons. The summed E-state index contributed by atoms with van der Waals surface area (Å²) in [5, 5.41) is 2.56. The quantitative estimate of drug-likeness (QED) is 0.194. The molecule has 5 fully saturated rings. The molecule has 2 bridgehead atoms. The van der Waals surface area contributed by atoms with Gasteiger partial charge in [-0.2, -0.15) is 0 Å². The third kappa shape index (κ3) is 8.77. The predicted octanol–water partition coefficient (Wildman–Crippen LogP) is 4.70. The van der Waals surface area contributed by atoms with Crippen molar-refractivity contribution in [1.29, 1.82) is 0 Å². The van der Waals surface area contributed by atoms with Crippen LogP contribution in [0.2, 0.25) is 0 Å². The van der Waals surface area contributed by atoms with E-state index in [1.807, 2.05) is 20.8 Å². The number of hydrogen-bond acceptors (Lipinski definition) is 8. The number of Topliss-reactive ketones (excluding diaryl/α,β-unsaturated/α-hetero) is 3. The Morgan fingerprint density at radius 3 is 2.27 bits per heavy atom. The third-order valence-electron chi connectivity index (χ3n) is 13.0. The topological polar surface area (TPSA) is 147 Å². The number of nitrogens with one attached hydrogen (secondary N) is 1. The number of likely N-dealkylation sites (tertiary alicyclic amines) is 1. The summed E-state index contributed by atoms with van der Waals surface area (Å²) < 4.78 is 6.05. The van der Waals surface area contributed by atoms with Crippen LogP contribution in [0.4, 0.5) is 0 Å². The highest BCUT2D eigenvalue weighted by atomic mass is 16.5. The molecule has 2 saturated carbocycles. The molecule has 8 atom stereocenters. The van der Waals surface area contributed by atoms with Crippen molar-refractivity contribution in [1.82, 2.24) is 15.1 Å². The number of amides is 4. The van der Waals surface area contributed by atoms with Crippen molar-refractivity contribution in [3.8, 4) is 0 Å². The second-order valence-electron chi connectivity index (χ2n) is 18.0. The molecule has 52 heavy (non-hydrogen) atoms. The lowest BCUT2D eigenvalue weighted by Crippen LogP contribution is -2.50. The Labute approximate surface area is 309 Å². The molecule has 1 N–H and O–H groups in total. The van der Waals surface area contributed by atoms with Crippen LogP contribution in [0.1, 0.15) is 112 Å². The van der Waals surface area contributed by atoms with Crippen molar-refractivity contribution in [3.63, 3.8) is 0 Å². The van der Waals surface area contributed by atoms with Crippen molar-refractivity contribution in [2.24, 2.45) is 52.3 Å². The van der Waals surface area contributed by atoms with Crippen LogP contribution in [0.25, 0.3) is 0 Å². The molecule has 3 heterocycles. The summed E-state index contributed by atoms with van der Waals surface area (Å²) in [7, 11) is 0. The number of nitrogens with zero attached hydrogens (tertiary/aromatic N) is 2. The van der Waals surface area contributed by atoms with Crippen LogP contribution in [-0.2, 0) is 38.3 Å². The molecule has 0 aromatic heterocycles. The van der Waals surface area contributed by atoms with Gasteiger partial charge < -0.3 is 15.0 Å². The zero-order chi connectivity index (χ0) is 38.0. The van der Waals surface area contributed by atoms with E-state index in [4.69, 9.17) is 4.74 Å². The highest BCUT2D eigenvalue weighted by Crippen LogP contribution is 2.65. The number of ether oxygens (including phenoxy) is 1. The lowest BCUT2D eigenvalue weighted by molar-refractivity contribution is -0.154. The van der Waals surface area contributed by atoms with E-state index in [0.717, 1.165) is 38.5 Å². The highest BCUT2D eigenvalue weighted by Gasteiger charge is 2.69. The standard InChI is InChI=1S/C41H61N3O8/c1-7-16-42-36(48)35(47)25-13-11-9-8-10-12-17-52-24-28(39(51)43-23-31-33(41(31,5)6)34(43)32(46)20-25)19-30(45)21-29(40(2,3)4)22-44-37(49)26-14-15-27(18-26)38(44)50/h7,25-29,31,33-34H,1,8-24H2,2-6H3,(H,42,48)/t25-,26?,27?,28+,29-,31+,33+,34-/m1/s1. The highest BCUT2D eigenvalue weighted by molar-refractivity contribution is 6.37. The monoisotopic (exact) mass is 723 g/mol. The molecule has 4 amide bonds. The zero-order valence-corrected chi connectivity index (χ0v) is 32.1. The van der Waals surface area contributed by atoms with Crippen LogP contribution in [0, 0.1) is 52.3 Å². The Hall–Kier alpha value is -3.21. The minimum absolute atomic E-state index is 0.0535. The normalized spacial score (nSPS) is 31.8. The lowest BCUT2D eigenvalue weighted by atomic mass is 9.76. The van der Waals surface area contributed by atoms with Gasteiger partial charge in [0.2, 0.25) is 23.5 Å². The van der Waals surface area contributed by atoms with Crippen LogP contribution in [0.5, 0.6) is 0 Å². The van der Waals surface area contributed by atoms with Crippen molar-refractivity contribution in [2.45, 2.75) is 118 Å². The number of hydrogen-bond donors (Lipinski definition) is 1. The maximum absolute atomic E-state index is 14.5. The molecule has 0 radical (unpaired) electrons. The van der Waals surface area contributed by atoms with Crippen LogP contribution < -0.4 is 5.32 Å². The van der Waals surface area contributed by atoms with Gasteiger partial charge in [0, 0.05) is 63.3 Å². The molecule has 11 nitrogen and oxygen atoms in total. The fourth-order valence-electron chi connectivity index (χ4n) is 9.47. The Kier molecular flexibility index (Phi) is 12.6. The maximum Gasteiger partial charge on any atom is 0.287 e. The summed E-state index contributed by atoms with van der Waals surface area (Å²) in [6.45, 7) is 15.0. The van der Waals surface area contributed by atoms with Crippen LogP contribution in [0.15, 0.2) is 12.7 Å². The van der Waals surface area contributed by atoms with Gasteiger partial charge >= 0.3 is 0 Å². The number of carbonyl (C=O) groups is 7. The Morgan fingerprint density at radius 2 is 1.62 bits per heavy atom. The first-order valence-corrected chi connectivity index (χ1v) is 19.8. The summed E-state index contributed by atoms with van der Waals surface area (Å²) in [5.41, 5.74) is -0.535. The number of rotatable bonds is 10. The molecule has 2 unspecified atom stereocenters. The van der Waals surface area contributed by atoms with Crippen molar-refractivity contribution in [2.75, 3.05) is 32.8 Å². The third-order valence-corrected chi connectivity index (χ3v) is 13.0. The maximum atomic E-state index is 14.5. The number of fused-ring (bicyclic) bond motifs is 5. The Balaban J connectivity index is 1.34. The molecule has 3 saturated heterocycles. The fraction of sp³-hybridized carbons (Fsp3) is 0.780. The van der Waals surface area contributed by atoms with Crippen LogP contribution in [0.3, 0.4) is 0 Å². The largest absolute Gasteiger partial charge is 0.381 e. The predicted molar refractivity (Wildman–Crippen MR) is 194 cm³/mol. The molecular weight excluding hydrogens is 662 g/mol. The van der Waals surface area contributed by atoms with Gasteiger partial charge in [0.25, 0.3) is 5.91 Å². The van der Waals surface area contributed by atoms with E-state index in [0.29, 0.717) is 32.4 Å². The van der Waals surface area contributed by atoms with Crippen molar-refractivity contribution >= 4 is 41.0 Å². The number of imide groups is 1. The Morgan fingerprint density at radius 1 is 0.962 bits per heavy atom. The molecule has 5 aliphatic rings. The first-order chi connectivity index (χ1) is 24.6. The van der Waals surface area contributed by atoms with E-state index in [1.165, 1.54) is 11.0 Å². The van der Waals surface area contributed by atoms with E-state index < -0.39 is 29.6 Å². The van der Waals surface area contributed by atoms with Crippen LogP contribution in [-0.4, -0.2) is 89.7 Å². The molecule has 0 spiro atoms. The number of carbonyl (C=O) groups excluding carboxylic acids is 7. The molecule has 11 heteroatoms.